The first kappa shape index (κ1) is 37.8. The standard InChI is InChI=1S/C36H36Cl2F3N3O4S/c1-3-4-19-42-35(46)33(21-26-9-6-5-7-10-26)43(23-27-11-8-12-28(37)20-27)34(45)24-44(49(47,48)30-16-13-25(2)14-17-30)29-15-18-32(38)31(22-29)36(39,40)41/h5-18,20,22,33H,3-4,19,21,23-24H2,1-2H3,(H,42,46)/t33-/m0/s1. The lowest BCUT2D eigenvalue weighted by Gasteiger charge is -2.34. The molecule has 7 nitrogen and oxygen atoms in total. The van der Waals surface area contributed by atoms with Crippen molar-refractivity contribution >= 4 is 50.7 Å². The van der Waals surface area contributed by atoms with Crippen LogP contribution in [0.15, 0.2) is 102 Å². The smallest absolute Gasteiger partial charge is 0.354 e. The minimum atomic E-state index is -4.91. The maximum atomic E-state index is 14.5. The minimum Gasteiger partial charge on any atom is -0.354 e. The molecule has 2 amide bonds. The molecule has 4 aromatic carbocycles. The zero-order valence-electron chi connectivity index (χ0n) is 26.9. The van der Waals surface area contributed by atoms with E-state index >= 15 is 0 Å². The molecule has 0 aromatic heterocycles. The van der Waals surface area contributed by atoms with E-state index in [4.69, 9.17) is 23.2 Å². The monoisotopic (exact) mass is 733 g/mol. The van der Waals surface area contributed by atoms with E-state index in [0.717, 1.165) is 29.7 Å². The zero-order chi connectivity index (χ0) is 35.8. The number of anilines is 1. The molecule has 260 valence electrons. The highest BCUT2D eigenvalue weighted by Gasteiger charge is 2.37. The van der Waals surface area contributed by atoms with Gasteiger partial charge in [-0.3, -0.25) is 13.9 Å². The summed E-state index contributed by atoms with van der Waals surface area (Å²) in [6.45, 7) is 2.98. The van der Waals surface area contributed by atoms with Gasteiger partial charge in [-0.1, -0.05) is 96.7 Å². The van der Waals surface area contributed by atoms with E-state index in [0.29, 0.717) is 33.9 Å². The molecule has 0 bridgehead atoms. The average molecular weight is 735 g/mol. The van der Waals surface area contributed by atoms with Crippen molar-refractivity contribution in [2.75, 3.05) is 17.4 Å². The molecule has 0 saturated carbocycles. The fourth-order valence-electron chi connectivity index (χ4n) is 5.14. The number of aryl methyl sites for hydroxylation is 1. The Balaban J connectivity index is 1.85. The first-order chi connectivity index (χ1) is 23.2. The molecule has 0 fully saturated rings. The molecule has 0 aliphatic heterocycles. The van der Waals surface area contributed by atoms with Gasteiger partial charge < -0.3 is 10.2 Å². The summed E-state index contributed by atoms with van der Waals surface area (Å²) in [5, 5.41) is 2.62. The lowest BCUT2D eigenvalue weighted by molar-refractivity contribution is -0.140. The Morgan fingerprint density at radius 2 is 1.55 bits per heavy atom. The third-order valence-electron chi connectivity index (χ3n) is 7.77. The maximum Gasteiger partial charge on any atom is 0.417 e. The SMILES string of the molecule is CCCCNC(=O)[C@H](Cc1ccccc1)N(Cc1cccc(Cl)c1)C(=O)CN(c1ccc(Cl)c(C(F)(F)F)c1)S(=O)(=O)c1ccc(C)cc1. The second-order valence-electron chi connectivity index (χ2n) is 11.5. The Morgan fingerprint density at radius 1 is 0.878 bits per heavy atom. The molecule has 0 spiro atoms. The van der Waals surface area contributed by atoms with E-state index in [1.165, 1.54) is 29.2 Å². The zero-order valence-corrected chi connectivity index (χ0v) is 29.2. The van der Waals surface area contributed by atoms with Crippen LogP contribution < -0.4 is 9.62 Å². The van der Waals surface area contributed by atoms with E-state index in [1.807, 2.05) is 13.0 Å². The van der Waals surface area contributed by atoms with Gasteiger partial charge in [0.1, 0.15) is 12.6 Å². The highest BCUT2D eigenvalue weighted by Crippen LogP contribution is 2.38. The molecule has 0 saturated heterocycles. The van der Waals surface area contributed by atoms with Crippen LogP contribution in [0.5, 0.6) is 0 Å². The van der Waals surface area contributed by atoms with Crippen molar-refractivity contribution in [1.82, 2.24) is 10.2 Å². The molecular formula is C36H36Cl2F3N3O4S. The second kappa shape index (κ2) is 16.6. The van der Waals surface area contributed by atoms with E-state index in [1.54, 1.807) is 55.5 Å². The van der Waals surface area contributed by atoms with Crippen LogP contribution in [0.4, 0.5) is 18.9 Å². The molecule has 0 unspecified atom stereocenters. The fraction of sp³-hybridized carbons (Fsp3) is 0.278. The van der Waals surface area contributed by atoms with Gasteiger partial charge in [0, 0.05) is 24.5 Å². The van der Waals surface area contributed by atoms with E-state index < -0.39 is 56.9 Å². The quantitative estimate of drug-likeness (QED) is 0.133. The summed E-state index contributed by atoms with van der Waals surface area (Å²) in [6.07, 6.45) is -3.34. The second-order valence-corrected chi connectivity index (χ2v) is 14.2. The lowest BCUT2D eigenvalue weighted by Crippen LogP contribution is -2.53. The van der Waals surface area contributed by atoms with E-state index in [2.05, 4.69) is 5.32 Å². The number of alkyl halides is 3. The van der Waals surface area contributed by atoms with Crippen LogP contribution >= 0.6 is 23.2 Å². The molecule has 0 radical (unpaired) electrons. The largest absolute Gasteiger partial charge is 0.417 e. The fourth-order valence-corrected chi connectivity index (χ4v) is 6.99. The summed E-state index contributed by atoms with van der Waals surface area (Å²) < 4.78 is 70.8. The van der Waals surface area contributed by atoms with Crippen molar-refractivity contribution in [3.8, 4) is 0 Å². The third-order valence-corrected chi connectivity index (χ3v) is 10.1. The van der Waals surface area contributed by atoms with E-state index in [9.17, 15) is 31.2 Å². The number of unbranched alkanes of at least 4 members (excludes halogenated alkanes) is 1. The number of amides is 2. The third kappa shape index (κ3) is 9.99. The Hall–Kier alpha value is -4.06. The molecule has 1 atom stereocenters. The molecule has 1 N–H and O–H groups in total. The molecular weight excluding hydrogens is 698 g/mol. The van der Waals surface area contributed by atoms with Crippen molar-refractivity contribution < 1.29 is 31.2 Å². The number of nitrogens with zero attached hydrogens (tertiary/aromatic N) is 2. The lowest BCUT2D eigenvalue weighted by atomic mass is 10.0. The van der Waals surface area contributed by atoms with Crippen molar-refractivity contribution in [2.24, 2.45) is 0 Å². The van der Waals surface area contributed by atoms with Gasteiger partial charge in [-0.05, 0) is 66.9 Å². The van der Waals surface area contributed by atoms with Gasteiger partial charge in [0.2, 0.25) is 11.8 Å². The van der Waals surface area contributed by atoms with Gasteiger partial charge in [-0.2, -0.15) is 13.2 Å². The Morgan fingerprint density at radius 3 is 2.18 bits per heavy atom. The Kier molecular flexibility index (Phi) is 12.8. The molecule has 4 aromatic rings. The highest BCUT2D eigenvalue weighted by atomic mass is 35.5. The minimum absolute atomic E-state index is 0.0784. The normalized spacial score (nSPS) is 12.3. The summed E-state index contributed by atoms with van der Waals surface area (Å²) in [5.41, 5.74) is 0.340. The average Bonchev–Trinajstić information content (AvgIpc) is 3.05. The molecule has 0 aliphatic carbocycles. The highest BCUT2D eigenvalue weighted by molar-refractivity contribution is 7.92. The van der Waals surface area contributed by atoms with Gasteiger partial charge in [0.15, 0.2) is 0 Å². The summed E-state index contributed by atoms with van der Waals surface area (Å²) in [6, 6.07) is 22.9. The van der Waals surface area contributed by atoms with E-state index in [-0.39, 0.29) is 17.9 Å². The number of benzene rings is 4. The summed E-state index contributed by atoms with van der Waals surface area (Å²) in [5.74, 6) is -1.29. The molecule has 49 heavy (non-hydrogen) atoms. The number of hydrogen-bond acceptors (Lipinski definition) is 4. The van der Waals surface area contributed by atoms with Gasteiger partial charge >= 0.3 is 6.18 Å². The summed E-state index contributed by atoms with van der Waals surface area (Å²) >= 11 is 12.1. The van der Waals surface area contributed by atoms with Gasteiger partial charge in [-0.25, -0.2) is 8.42 Å². The van der Waals surface area contributed by atoms with Crippen molar-refractivity contribution in [3.63, 3.8) is 0 Å². The summed E-state index contributed by atoms with van der Waals surface area (Å²) in [7, 11) is -4.62. The van der Waals surface area contributed by atoms with Crippen LogP contribution in [0.3, 0.4) is 0 Å². The Bertz CT molecular complexity index is 1860. The van der Waals surface area contributed by atoms with Gasteiger partial charge in [0.25, 0.3) is 10.0 Å². The number of carbonyl (C=O) groups excluding carboxylic acids is 2. The topological polar surface area (TPSA) is 86.8 Å². The number of sulfonamides is 1. The number of carbonyl (C=O) groups is 2. The van der Waals surface area contributed by atoms with Gasteiger partial charge in [0.05, 0.1) is 21.2 Å². The van der Waals surface area contributed by atoms with Crippen LogP contribution in [0.25, 0.3) is 0 Å². The molecule has 0 heterocycles. The van der Waals surface area contributed by atoms with Crippen LogP contribution in [-0.2, 0) is 38.8 Å². The van der Waals surface area contributed by atoms with Crippen molar-refractivity contribution in [2.45, 2.75) is 56.8 Å². The van der Waals surface area contributed by atoms with Crippen LogP contribution in [-0.4, -0.2) is 44.3 Å². The van der Waals surface area contributed by atoms with Crippen LogP contribution in [0.2, 0.25) is 10.0 Å². The number of nitrogens with one attached hydrogen (secondary N) is 1. The number of hydrogen-bond donors (Lipinski definition) is 1. The maximum absolute atomic E-state index is 14.5. The van der Waals surface area contributed by atoms with Gasteiger partial charge in [-0.15, -0.1) is 0 Å². The predicted octanol–water partition coefficient (Wildman–Crippen LogP) is 8.07. The molecule has 4 rings (SSSR count). The number of halogens is 5. The van der Waals surface area contributed by atoms with Crippen molar-refractivity contribution in [1.29, 1.82) is 0 Å². The molecule has 0 aliphatic rings. The van der Waals surface area contributed by atoms with Crippen LogP contribution in [0, 0.1) is 6.92 Å². The molecule has 13 heteroatoms. The number of rotatable bonds is 14. The Labute approximate surface area is 294 Å². The van der Waals surface area contributed by atoms with Crippen molar-refractivity contribution in [3.05, 3.63) is 129 Å². The first-order valence-electron chi connectivity index (χ1n) is 15.5. The summed E-state index contributed by atoms with van der Waals surface area (Å²) in [4.78, 5) is 29.3. The first-order valence-corrected chi connectivity index (χ1v) is 17.7. The van der Waals surface area contributed by atoms with Crippen LogP contribution in [0.1, 0.15) is 42.0 Å². The predicted molar refractivity (Wildman–Crippen MR) is 186 cm³/mol.